The molecule has 0 saturated carbocycles. The van der Waals surface area contributed by atoms with E-state index in [0.29, 0.717) is 25.3 Å². The highest BCUT2D eigenvalue weighted by atomic mass is 16.5. The standard InChI is InChI=1S/C21H25NO3/c1-15(23)16-7-9-17(10-8-16)18-5-4-6-19(13-18)20(24)22-11-12-25-21(2,3)14-22/h4-10,13,15,23H,11-12,14H2,1-3H3/t15-/m1/s1. The van der Waals surface area contributed by atoms with Crippen LogP contribution in [-0.2, 0) is 4.74 Å². The number of carbonyl (C=O) groups excluding carboxylic acids is 1. The van der Waals surface area contributed by atoms with Crippen molar-refractivity contribution in [3.8, 4) is 11.1 Å². The second kappa shape index (κ2) is 6.98. The zero-order valence-electron chi connectivity index (χ0n) is 15.0. The summed E-state index contributed by atoms with van der Waals surface area (Å²) >= 11 is 0. The number of morpholine rings is 1. The zero-order chi connectivity index (χ0) is 18.0. The number of hydrogen-bond donors (Lipinski definition) is 1. The first-order valence-electron chi connectivity index (χ1n) is 8.67. The number of benzene rings is 2. The van der Waals surface area contributed by atoms with E-state index in [4.69, 9.17) is 4.74 Å². The molecule has 4 heteroatoms. The molecule has 0 bridgehead atoms. The SMILES string of the molecule is C[C@@H](O)c1ccc(-c2cccc(C(=O)N3CCOC(C)(C)C3)c2)cc1. The van der Waals surface area contributed by atoms with Crippen molar-refractivity contribution in [2.45, 2.75) is 32.5 Å². The molecule has 2 aromatic carbocycles. The van der Waals surface area contributed by atoms with Crippen molar-refractivity contribution in [1.29, 1.82) is 0 Å². The summed E-state index contributed by atoms with van der Waals surface area (Å²) in [4.78, 5) is 14.7. The molecule has 1 amide bonds. The largest absolute Gasteiger partial charge is 0.389 e. The molecule has 0 radical (unpaired) electrons. The minimum atomic E-state index is -0.480. The minimum Gasteiger partial charge on any atom is -0.389 e. The van der Waals surface area contributed by atoms with Crippen molar-refractivity contribution < 1.29 is 14.6 Å². The van der Waals surface area contributed by atoms with Crippen LogP contribution in [0, 0.1) is 0 Å². The van der Waals surface area contributed by atoms with Gasteiger partial charge >= 0.3 is 0 Å². The zero-order valence-corrected chi connectivity index (χ0v) is 15.0. The van der Waals surface area contributed by atoms with Crippen molar-refractivity contribution >= 4 is 5.91 Å². The molecule has 0 unspecified atom stereocenters. The van der Waals surface area contributed by atoms with Crippen LogP contribution in [0.1, 0.15) is 42.8 Å². The molecule has 1 N–H and O–H groups in total. The predicted octanol–water partition coefficient (Wildman–Crippen LogP) is 3.66. The fourth-order valence-electron chi connectivity index (χ4n) is 3.16. The number of aliphatic hydroxyl groups is 1. The number of rotatable bonds is 3. The van der Waals surface area contributed by atoms with Crippen molar-refractivity contribution in [3.63, 3.8) is 0 Å². The van der Waals surface area contributed by atoms with Gasteiger partial charge in [-0.2, -0.15) is 0 Å². The monoisotopic (exact) mass is 339 g/mol. The summed E-state index contributed by atoms with van der Waals surface area (Å²) in [6.07, 6.45) is -0.480. The van der Waals surface area contributed by atoms with E-state index < -0.39 is 6.10 Å². The molecule has 0 spiro atoms. The predicted molar refractivity (Wildman–Crippen MR) is 98.4 cm³/mol. The number of amides is 1. The lowest BCUT2D eigenvalue weighted by atomic mass is 9.99. The molecule has 25 heavy (non-hydrogen) atoms. The highest BCUT2D eigenvalue weighted by Gasteiger charge is 2.30. The molecular formula is C21H25NO3. The highest BCUT2D eigenvalue weighted by molar-refractivity contribution is 5.95. The van der Waals surface area contributed by atoms with Crippen LogP contribution in [0.2, 0.25) is 0 Å². The van der Waals surface area contributed by atoms with E-state index >= 15 is 0 Å². The van der Waals surface area contributed by atoms with Crippen LogP contribution in [0.25, 0.3) is 11.1 Å². The van der Waals surface area contributed by atoms with E-state index in [2.05, 4.69) is 0 Å². The van der Waals surface area contributed by atoms with Gasteiger partial charge in [0.1, 0.15) is 0 Å². The molecule has 0 aromatic heterocycles. The molecule has 1 aliphatic rings. The first-order valence-corrected chi connectivity index (χ1v) is 8.67. The molecule has 0 aliphatic carbocycles. The quantitative estimate of drug-likeness (QED) is 0.928. The van der Waals surface area contributed by atoms with E-state index in [0.717, 1.165) is 16.7 Å². The van der Waals surface area contributed by atoms with Crippen LogP contribution in [0.15, 0.2) is 48.5 Å². The lowest BCUT2D eigenvalue weighted by Crippen LogP contribution is -2.50. The van der Waals surface area contributed by atoms with Crippen molar-refractivity contribution in [1.82, 2.24) is 4.90 Å². The number of carbonyl (C=O) groups is 1. The summed E-state index contributed by atoms with van der Waals surface area (Å²) in [5.41, 5.74) is 3.29. The molecule has 1 atom stereocenters. The van der Waals surface area contributed by atoms with Crippen LogP contribution >= 0.6 is 0 Å². The Morgan fingerprint density at radius 3 is 2.52 bits per heavy atom. The third-order valence-electron chi connectivity index (χ3n) is 4.55. The Morgan fingerprint density at radius 2 is 1.88 bits per heavy atom. The lowest BCUT2D eigenvalue weighted by Gasteiger charge is -2.38. The second-order valence-corrected chi connectivity index (χ2v) is 7.21. The first-order chi connectivity index (χ1) is 11.9. The van der Waals surface area contributed by atoms with Crippen LogP contribution < -0.4 is 0 Å². The Balaban J connectivity index is 1.82. The van der Waals surface area contributed by atoms with Gasteiger partial charge in [0.25, 0.3) is 5.91 Å². The Morgan fingerprint density at radius 1 is 1.16 bits per heavy atom. The molecule has 1 saturated heterocycles. The third-order valence-corrected chi connectivity index (χ3v) is 4.55. The van der Waals surface area contributed by atoms with Gasteiger partial charge in [-0.1, -0.05) is 36.4 Å². The van der Waals surface area contributed by atoms with Gasteiger partial charge in [0, 0.05) is 18.7 Å². The van der Waals surface area contributed by atoms with Gasteiger partial charge < -0.3 is 14.7 Å². The van der Waals surface area contributed by atoms with Crippen LogP contribution in [0.3, 0.4) is 0 Å². The Bertz CT molecular complexity index is 750. The van der Waals surface area contributed by atoms with E-state index in [1.807, 2.05) is 67.3 Å². The highest BCUT2D eigenvalue weighted by Crippen LogP contribution is 2.24. The maximum atomic E-state index is 12.9. The minimum absolute atomic E-state index is 0.0406. The first kappa shape index (κ1) is 17.6. The summed E-state index contributed by atoms with van der Waals surface area (Å²) in [6.45, 7) is 7.55. The normalized spacial score (nSPS) is 18.0. The van der Waals surface area contributed by atoms with Gasteiger partial charge in [-0.05, 0) is 49.6 Å². The van der Waals surface area contributed by atoms with Crippen molar-refractivity contribution in [2.24, 2.45) is 0 Å². The Hall–Kier alpha value is -2.17. The molecule has 1 aliphatic heterocycles. The summed E-state index contributed by atoms with van der Waals surface area (Å²) in [5, 5.41) is 9.63. The second-order valence-electron chi connectivity index (χ2n) is 7.21. The van der Waals surface area contributed by atoms with Crippen LogP contribution in [0.5, 0.6) is 0 Å². The van der Waals surface area contributed by atoms with Crippen molar-refractivity contribution in [3.05, 3.63) is 59.7 Å². The Kier molecular flexibility index (Phi) is 4.93. The van der Waals surface area contributed by atoms with E-state index in [9.17, 15) is 9.90 Å². The van der Waals surface area contributed by atoms with Gasteiger partial charge in [0.05, 0.1) is 18.3 Å². The van der Waals surface area contributed by atoms with Gasteiger partial charge in [-0.15, -0.1) is 0 Å². The maximum absolute atomic E-state index is 12.9. The van der Waals surface area contributed by atoms with E-state index in [1.54, 1.807) is 6.92 Å². The Labute approximate surface area is 149 Å². The molecule has 2 aromatic rings. The number of nitrogens with zero attached hydrogens (tertiary/aromatic N) is 1. The summed E-state index contributed by atoms with van der Waals surface area (Å²) < 4.78 is 5.69. The number of aliphatic hydroxyl groups excluding tert-OH is 1. The molecule has 132 valence electrons. The van der Waals surface area contributed by atoms with E-state index in [1.165, 1.54) is 0 Å². The van der Waals surface area contributed by atoms with Gasteiger partial charge in [-0.25, -0.2) is 0 Å². The molecule has 1 heterocycles. The topological polar surface area (TPSA) is 49.8 Å². The lowest BCUT2D eigenvalue weighted by molar-refractivity contribution is -0.0764. The molecule has 3 rings (SSSR count). The average molecular weight is 339 g/mol. The molecular weight excluding hydrogens is 314 g/mol. The third kappa shape index (κ3) is 4.09. The van der Waals surface area contributed by atoms with Crippen LogP contribution in [-0.4, -0.2) is 41.2 Å². The fraction of sp³-hybridized carbons (Fsp3) is 0.381. The van der Waals surface area contributed by atoms with E-state index in [-0.39, 0.29) is 11.5 Å². The number of hydrogen-bond acceptors (Lipinski definition) is 3. The van der Waals surface area contributed by atoms with Gasteiger partial charge in [-0.3, -0.25) is 4.79 Å². The average Bonchev–Trinajstić information content (AvgIpc) is 2.60. The maximum Gasteiger partial charge on any atom is 0.254 e. The fourth-order valence-corrected chi connectivity index (χ4v) is 3.16. The smallest absolute Gasteiger partial charge is 0.254 e. The summed E-state index contributed by atoms with van der Waals surface area (Å²) in [7, 11) is 0. The van der Waals surface area contributed by atoms with Crippen molar-refractivity contribution in [2.75, 3.05) is 19.7 Å². The van der Waals surface area contributed by atoms with Crippen LogP contribution in [0.4, 0.5) is 0 Å². The molecule has 4 nitrogen and oxygen atoms in total. The summed E-state index contributed by atoms with van der Waals surface area (Å²) in [6, 6.07) is 15.5. The van der Waals surface area contributed by atoms with Gasteiger partial charge in [0.2, 0.25) is 0 Å². The summed E-state index contributed by atoms with van der Waals surface area (Å²) in [5.74, 6) is 0.0406. The van der Waals surface area contributed by atoms with Gasteiger partial charge in [0.15, 0.2) is 0 Å². The molecule has 1 fully saturated rings. The number of ether oxygens (including phenoxy) is 1.